The summed E-state index contributed by atoms with van der Waals surface area (Å²) in [5.41, 5.74) is 5.98. The van der Waals surface area contributed by atoms with Crippen molar-refractivity contribution in [1.82, 2.24) is 5.32 Å². The predicted octanol–water partition coefficient (Wildman–Crippen LogP) is 0.750. The lowest BCUT2D eigenvalue weighted by molar-refractivity contribution is -0.140. The van der Waals surface area contributed by atoms with Crippen molar-refractivity contribution >= 4 is 35.3 Å². The quantitative estimate of drug-likeness (QED) is 0.461. The highest BCUT2D eigenvalue weighted by Gasteiger charge is 2.34. The molecule has 0 saturated heterocycles. The first-order valence-electron chi connectivity index (χ1n) is 8.38. The van der Waals surface area contributed by atoms with Gasteiger partial charge in [-0.05, 0) is 31.5 Å². The summed E-state index contributed by atoms with van der Waals surface area (Å²) in [6, 6.07) is 5.40. The van der Waals surface area contributed by atoms with Gasteiger partial charge in [-0.25, -0.2) is 0 Å². The fraction of sp³-hybridized carbons (Fsp3) is 0.471. The molecule has 2 rings (SSSR count). The maximum Gasteiger partial charge on any atom is 0.323 e. The summed E-state index contributed by atoms with van der Waals surface area (Å²) in [6.45, 7) is 0.00570. The molecule has 1 heterocycles. The summed E-state index contributed by atoms with van der Waals surface area (Å²) in [5.74, 6) is -2.27. The molecule has 26 heavy (non-hydrogen) atoms. The molecule has 1 aliphatic rings. The summed E-state index contributed by atoms with van der Waals surface area (Å²) < 4.78 is 0. The highest BCUT2D eigenvalue weighted by molar-refractivity contribution is 7.99. The van der Waals surface area contributed by atoms with Crippen molar-refractivity contribution in [3.8, 4) is 0 Å². The van der Waals surface area contributed by atoms with E-state index in [1.165, 1.54) is 16.7 Å². The number of carboxylic acids is 2. The van der Waals surface area contributed by atoms with E-state index in [4.69, 9.17) is 5.73 Å². The van der Waals surface area contributed by atoms with Crippen molar-refractivity contribution in [1.29, 1.82) is 0 Å². The number of amides is 1. The van der Waals surface area contributed by atoms with Crippen LogP contribution in [-0.2, 0) is 14.4 Å². The number of unbranched alkanes of at least 4 members (excludes halogenated alkanes) is 1. The number of nitrogens with two attached hydrogens (primary N) is 1. The van der Waals surface area contributed by atoms with E-state index >= 15 is 0 Å². The van der Waals surface area contributed by atoms with Gasteiger partial charge in [0.1, 0.15) is 12.6 Å². The van der Waals surface area contributed by atoms with Crippen molar-refractivity contribution in [2.45, 2.75) is 36.2 Å². The average Bonchev–Trinajstić information content (AvgIpc) is 2.72. The smallest absolute Gasteiger partial charge is 0.323 e. The molecule has 0 fully saturated rings. The number of hydrogen-bond acceptors (Lipinski definition) is 6. The van der Waals surface area contributed by atoms with E-state index in [0.29, 0.717) is 37.2 Å². The van der Waals surface area contributed by atoms with Gasteiger partial charge in [-0.3, -0.25) is 24.6 Å². The number of nitrogens with zero attached hydrogens (tertiary/aromatic N) is 1. The number of carbonyl (C=O) groups is 3. The Morgan fingerprint density at radius 3 is 2.69 bits per heavy atom. The van der Waals surface area contributed by atoms with Gasteiger partial charge in [0.2, 0.25) is 5.91 Å². The SMILES string of the molecule is NCCCCC(NC1CSc2ccccc2N(CC(=O)O)C1=O)C(=O)O. The molecule has 1 aromatic rings. The lowest BCUT2D eigenvalue weighted by atomic mass is 10.1. The standard InChI is InChI=1S/C17H23N3O5S/c18-8-4-3-5-11(17(24)25)19-12-10-26-14-7-2-1-6-13(14)20(16(12)23)9-15(21)22/h1-2,6-7,11-12,19H,3-5,8-10,18H2,(H,21,22)(H,24,25). The zero-order valence-corrected chi connectivity index (χ0v) is 15.1. The Labute approximate surface area is 155 Å². The van der Waals surface area contributed by atoms with Crippen molar-refractivity contribution in [3.63, 3.8) is 0 Å². The molecule has 8 nitrogen and oxygen atoms in total. The van der Waals surface area contributed by atoms with E-state index in [-0.39, 0.29) is 0 Å². The molecule has 0 radical (unpaired) electrons. The average molecular weight is 381 g/mol. The number of thioether (sulfide) groups is 1. The van der Waals surface area contributed by atoms with E-state index in [0.717, 1.165) is 4.90 Å². The van der Waals surface area contributed by atoms with Gasteiger partial charge in [-0.2, -0.15) is 0 Å². The van der Waals surface area contributed by atoms with Crippen LogP contribution in [0.1, 0.15) is 19.3 Å². The predicted molar refractivity (Wildman–Crippen MR) is 98.4 cm³/mol. The number of benzene rings is 1. The Morgan fingerprint density at radius 1 is 1.31 bits per heavy atom. The van der Waals surface area contributed by atoms with Crippen LogP contribution < -0.4 is 16.0 Å². The van der Waals surface area contributed by atoms with Gasteiger partial charge < -0.3 is 15.9 Å². The Kier molecular flexibility index (Phi) is 7.43. The van der Waals surface area contributed by atoms with Crippen LogP contribution >= 0.6 is 11.8 Å². The normalized spacial score (nSPS) is 18.1. The summed E-state index contributed by atoms with van der Waals surface area (Å²) in [4.78, 5) is 37.6. The van der Waals surface area contributed by atoms with Gasteiger partial charge in [0.25, 0.3) is 0 Å². The van der Waals surface area contributed by atoms with Crippen LogP contribution in [0, 0.1) is 0 Å². The largest absolute Gasteiger partial charge is 0.480 e. The number of rotatable bonds is 9. The van der Waals surface area contributed by atoms with Gasteiger partial charge in [-0.15, -0.1) is 11.8 Å². The molecule has 0 aliphatic carbocycles. The lowest BCUT2D eigenvalue weighted by Gasteiger charge is -2.26. The number of carbonyl (C=O) groups excluding carboxylic acids is 1. The van der Waals surface area contributed by atoms with Crippen LogP contribution in [0.15, 0.2) is 29.2 Å². The van der Waals surface area contributed by atoms with Crippen molar-refractivity contribution in [3.05, 3.63) is 24.3 Å². The third-order valence-electron chi connectivity index (χ3n) is 4.07. The molecule has 2 unspecified atom stereocenters. The number of hydrogen-bond donors (Lipinski definition) is 4. The third kappa shape index (κ3) is 5.20. The zero-order chi connectivity index (χ0) is 19.1. The van der Waals surface area contributed by atoms with Gasteiger partial charge >= 0.3 is 11.9 Å². The number of anilines is 1. The second-order valence-corrected chi connectivity index (χ2v) is 7.05. The van der Waals surface area contributed by atoms with E-state index in [1.807, 2.05) is 12.1 Å². The third-order valence-corrected chi connectivity index (χ3v) is 5.22. The molecule has 0 saturated carbocycles. The molecule has 2 atom stereocenters. The second-order valence-electron chi connectivity index (χ2n) is 5.99. The maximum atomic E-state index is 12.9. The molecule has 0 aromatic heterocycles. The van der Waals surface area contributed by atoms with Crippen LogP contribution in [0.5, 0.6) is 0 Å². The summed E-state index contributed by atoms with van der Waals surface area (Å²) >= 11 is 1.40. The van der Waals surface area contributed by atoms with Gasteiger partial charge in [0.15, 0.2) is 0 Å². The van der Waals surface area contributed by atoms with Crippen LogP contribution in [0.4, 0.5) is 5.69 Å². The van der Waals surface area contributed by atoms with Crippen LogP contribution in [0.3, 0.4) is 0 Å². The highest BCUT2D eigenvalue weighted by atomic mass is 32.2. The molecular formula is C17H23N3O5S. The van der Waals surface area contributed by atoms with Crippen LogP contribution in [0.2, 0.25) is 0 Å². The van der Waals surface area contributed by atoms with E-state index in [9.17, 15) is 24.6 Å². The molecule has 5 N–H and O–H groups in total. The highest BCUT2D eigenvalue weighted by Crippen LogP contribution is 2.34. The second kappa shape index (κ2) is 9.56. The first kappa shape index (κ1) is 20.2. The van der Waals surface area contributed by atoms with Crippen molar-refractivity contribution in [2.75, 3.05) is 23.7 Å². The number of aliphatic carboxylic acids is 2. The molecule has 1 aromatic carbocycles. The van der Waals surface area contributed by atoms with Gasteiger partial charge in [-0.1, -0.05) is 18.6 Å². The summed E-state index contributed by atoms with van der Waals surface area (Å²) in [7, 11) is 0. The fourth-order valence-electron chi connectivity index (χ4n) is 2.78. The fourth-order valence-corrected chi connectivity index (χ4v) is 3.87. The number of para-hydroxylation sites is 1. The zero-order valence-electron chi connectivity index (χ0n) is 14.3. The monoisotopic (exact) mass is 381 g/mol. The van der Waals surface area contributed by atoms with E-state index < -0.39 is 36.5 Å². The molecular weight excluding hydrogens is 358 g/mol. The summed E-state index contributed by atoms with van der Waals surface area (Å²) in [5, 5.41) is 21.5. The van der Waals surface area contributed by atoms with Gasteiger partial charge in [0.05, 0.1) is 11.7 Å². The summed E-state index contributed by atoms with van der Waals surface area (Å²) in [6.07, 6.45) is 1.69. The van der Waals surface area contributed by atoms with E-state index in [2.05, 4.69) is 5.32 Å². The van der Waals surface area contributed by atoms with Crippen LogP contribution in [-0.4, -0.2) is 59.0 Å². The topological polar surface area (TPSA) is 133 Å². The number of fused-ring (bicyclic) bond motifs is 1. The molecule has 9 heteroatoms. The first-order chi connectivity index (χ1) is 12.4. The minimum absolute atomic E-state index is 0.326. The van der Waals surface area contributed by atoms with Crippen LogP contribution in [0.25, 0.3) is 0 Å². The van der Waals surface area contributed by atoms with E-state index in [1.54, 1.807) is 12.1 Å². The Morgan fingerprint density at radius 2 is 2.04 bits per heavy atom. The maximum absolute atomic E-state index is 12.9. The minimum atomic E-state index is -1.13. The molecule has 1 amide bonds. The molecule has 1 aliphatic heterocycles. The number of carboxylic acid groups (broad SMARTS) is 2. The van der Waals surface area contributed by atoms with Crippen molar-refractivity contribution in [2.24, 2.45) is 5.73 Å². The Balaban J connectivity index is 2.20. The van der Waals surface area contributed by atoms with Gasteiger partial charge in [0, 0.05) is 10.6 Å². The Bertz CT molecular complexity index is 670. The Hall–Kier alpha value is -2.10. The number of nitrogens with one attached hydrogen (secondary N) is 1. The van der Waals surface area contributed by atoms with Crippen molar-refractivity contribution < 1.29 is 24.6 Å². The first-order valence-corrected chi connectivity index (χ1v) is 9.36. The minimum Gasteiger partial charge on any atom is -0.480 e. The molecule has 142 valence electrons. The molecule has 0 bridgehead atoms. The lowest BCUT2D eigenvalue weighted by Crippen LogP contribution is -2.53. The molecule has 0 spiro atoms.